The zero-order chi connectivity index (χ0) is 31.2. The van der Waals surface area contributed by atoms with Crippen LogP contribution >= 0.6 is 7.60 Å². The molecule has 0 aromatic carbocycles. The summed E-state index contributed by atoms with van der Waals surface area (Å²) in [6.45, 7) is 4.03. The van der Waals surface area contributed by atoms with Crippen LogP contribution in [-0.4, -0.2) is 77.5 Å². The van der Waals surface area contributed by atoms with Crippen LogP contribution in [0.1, 0.15) is 103 Å². The molecule has 2 aromatic heterocycles. The summed E-state index contributed by atoms with van der Waals surface area (Å²) in [6, 6.07) is 0. The molecule has 1 unspecified atom stereocenters. The number of anilines is 1. The summed E-state index contributed by atoms with van der Waals surface area (Å²) in [5, 5.41) is 0. The minimum absolute atomic E-state index is 0.0483. The maximum absolute atomic E-state index is 12.5. The first-order chi connectivity index (χ1) is 20.9. The second-order valence-corrected chi connectivity index (χ2v) is 12.9. The van der Waals surface area contributed by atoms with Crippen molar-refractivity contribution >= 4 is 24.7 Å². The highest BCUT2D eigenvalue weighted by Gasteiger charge is 2.24. The molecule has 2 heterocycles. The Balaban J connectivity index is 1.50. The van der Waals surface area contributed by atoms with E-state index in [1.807, 2.05) is 0 Å². The van der Waals surface area contributed by atoms with Gasteiger partial charge in [-0.3, -0.25) is 4.57 Å². The number of hydrogen-bond donors (Lipinski definition) is 2. The molecule has 0 saturated carbocycles. The summed E-state index contributed by atoms with van der Waals surface area (Å²) in [6.07, 6.45) is 19.7. The molecular formula is C30H56N5O7P. The lowest BCUT2D eigenvalue weighted by Crippen LogP contribution is -2.26. The maximum Gasteiger partial charge on any atom is 0.353 e. The van der Waals surface area contributed by atoms with E-state index in [0.717, 1.165) is 6.42 Å². The number of rotatable bonds is 28. The van der Waals surface area contributed by atoms with E-state index in [1.54, 1.807) is 10.9 Å². The van der Waals surface area contributed by atoms with Crippen molar-refractivity contribution in [1.82, 2.24) is 19.5 Å². The predicted molar refractivity (Wildman–Crippen MR) is 169 cm³/mol. The molecule has 0 aliphatic heterocycles. The molecule has 13 heteroatoms. The Hall–Kier alpha value is -1.82. The number of fused-ring (bicyclic) bond motifs is 1. The fourth-order valence-corrected chi connectivity index (χ4v) is 5.76. The van der Waals surface area contributed by atoms with Crippen LogP contribution in [-0.2, 0) is 29.8 Å². The topological polar surface area (TPSA) is 153 Å². The Morgan fingerprint density at radius 1 is 0.884 bits per heavy atom. The molecule has 2 aromatic rings. The van der Waals surface area contributed by atoms with Crippen molar-refractivity contribution < 1.29 is 32.9 Å². The minimum Gasteiger partial charge on any atom is -0.479 e. The zero-order valence-corrected chi connectivity index (χ0v) is 27.6. The Bertz CT molecular complexity index is 1040. The molecule has 0 saturated heterocycles. The largest absolute Gasteiger partial charge is 0.479 e. The third kappa shape index (κ3) is 16.2. The van der Waals surface area contributed by atoms with Crippen LogP contribution < -0.4 is 10.5 Å². The van der Waals surface area contributed by atoms with Crippen molar-refractivity contribution in [3.05, 3.63) is 6.33 Å². The normalized spacial score (nSPS) is 13.9. The lowest BCUT2D eigenvalue weighted by Gasteiger charge is -2.20. The van der Waals surface area contributed by atoms with Gasteiger partial charge in [-0.15, -0.1) is 0 Å². The second kappa shape index (κ2) is 22.7. The van der Waals surface area contributed by atoms with Gasteiger partial charge >= 0.3 is 7.60 Å². The number of aromatic nitrogens is 4. The number of methoxy groups -OCH3 is 2. The van der Waals surface area contributed by atoms with E-state index in [1.165, 1.54) is 97.7 Å². The van der Waals surface area contributed by atoms with Gasteiger partial charge in [0.15, 0.2) is 11.2 Å². The van der Waals surface area contributed by atoms with E-state index in [2.05, 4.69) is 21.9 Å². The fraction of sp³-hybridized carbons (Fsp3) is 0.833. The Morgan fingerprint density at radius 2 is 1.49 bits per heavy atom. The zero-order valence-electron chi connectivity index (χ0n) is 26.7. The Labute approximate surface area is 257 Å². The molecule has 12 nitrogen and oxygen atoms in total. The minimum atomic E-state index is -3.95. The molecule has 0 fully saturated rings. The van der Waals surface area contributed by atoms with E-state index < -0.39 is 20.0 Å². The van der Waals surface area contributed by atoms with E-state index in [0.29, 0.717) is 30.8 Å². The van der Waals surface area contributed by atoms with Gasteiger partial charge in [0.1, 0.15) is 6.35 Å². The smallest absolute Gasteiger partial charge is 0.353 e. The molecule has 0 aliphatic carbocycles. The van der Waals surface area contributed by atoms with Crippen molar-refractivity contribution in [2.75, 3.05) is 52.7 Å². The molecule has 2 atom stereocenters. The van der Waals surface area contributed by atoms with Crippen LogP contribution in [0, 0.1) is 0 Å². The summed E-state index contributed by atoms with van der Waals surface area (Å²) in [4.78, 5) is 22.8. The lowest BCUT2D eigenvalue weighted by atomic mass is 10.0. The number of nitrogens with zero attached hydrogens (tertiary/aromatic N) is 4. The summed E-state index contributed by atoms with van der Waals surface area (Å²) in [5.74, 6) is 0.314. The molecule has 0 amide bonds. The summed E-state index contributed by atoms with van der Waals surface area (Å²) >= 11 is 0. The van der Waals surface area contributed by atoms with Crippen LogP contribution in [0.2, 0.25) is 0 Å². The standard InChI is InChI=1S/C30H56N5O7P/c1-4-5-6-7-8-9-10-11-12-13-14-15-16-17-19-40-20-18-21-42-43(36,37)25-41-26(23-38-2)22-35-24-32-27-28(35)33-30(31)34-29(27)39-3/h24,26H,4-23,25H2,1-3H3,(H,36,37)(H2,31,33,34)/t26-/m0/s1. The fourth-order valence-electron chi connectivity index (χ4n) is 4.87. The number of hydrogen-bond acceptors (Lipinski definition) is 10. The van der Waals surface area contributed by atoms with E-state index in [9.17, 15) is 9.46 Å². The average Bonchev–Trinajstić information content (AvgIpc) is 3.39. The Morgan fingerprint density at radius 3 is 2.09 bits per heavy atom. The first kappa shape index (κ1) is 37.4. The number of nitrogens with two attached hydrogens (primary N) is 1. The van der Waals surface area contributed by atoms with Crippen LogP contribution in [0.5, 0.6) is 5.88 Å². The van der Waals surface area contributed by atoms with Crippen molar-refractivity contribution in [2.24, 2.45) is 0 Å². The first-order valence-corrected chi connectivity index (χ1v) is 17.8. The highest BCUT2D eigenvalue weighted by molar-refractivity contribution is 7.52. The molecule has 2 rings (SSSR count). The third-order valence-electron chi connectivity index (χ3n) is 7.24. The predicted octanol–water partition coefficient (Wildman–Crippen LogP) is 6.50. The number of unbranched alkanes of at least 4 members (excludes halogenated alkanes) is 13. The van der Waals surface area contributed by atoms with Crippen molar-refractivity contribution in [1.29, 1.82) is 0 Å². The van der Waals surface area contributed by atoms with Crippen molar-refractivity contribution in [3.63, 3.8) is 0 Å². The van der Waals surface area contributed by atoms with Gasteiger partial charge in [0.25, 0.3) is 0 Å². The molecule has 43 heavy (non-hydrogen) atoms. The average molecular weight is 630 g/mol. The summed E-state index contributed by atoms with van der Waals surface area (Å²) in [5.41, 5.74) is 6.70. The number of imidazole rings is 1. The maximum atomic E-state index is 12.5. The molecule has 0 radical (unpaired) electrons. The molecule has 248 valence electrons. The van der Waals surface area contributed by atoms with Crippen molar-refractivity contribution in [3.8, 4) is 5.88 Å². The van der Waals surface area contributed by atoms with E-state index >= 15 is 0 Å². The highest BCUT2D eigenvalue weighted by Crippen LogP contribution is 2.42. The van der Waals surface area contributed by atoms with E-state index in [-0.39, 0.29) is 31.6 Å². The Kier molecular flexibility index (Phi) is 19.7. The van der Waals surface area contributed by atoms with Gasteiger partial charge in [-0.2, -0.15) is 9.97 Å². The monoisotopic (exact) mass is 629 g/mol. The summed E-state index contributed by atoms with van der Waals surface area (Å²) in [7, 11) is -0.943. The molecule has 0 spiro atoms. The van der Waals surface area contributed by atoms with Gasteiger partial charge in [-0.05, 0) is 12.8 Å². The van der Waals surface area contributed by atoms with E-state index in [4.69, 9.17) is 29.2 Å². The molecular weight excluding hydrogens is 573 g/mol. The van der Waals surface area contributed by atoms with Gasteiger partial charge in [0.05, 0.1) is 39.3 Å². The van der Waals surface area contributed by atoms with Crippen LogP contribution in [0.15, 0.2) is 6.33 Å². The SMILES string of the molecule is CCCCCCCCCCCCCCCCOCCCOP(=O)(O)CO[C@H](COC)Cn1cnc2c(OC)nc(N)nc21. The van der Waals surface area contributed by atoms with Gasteiger partial charge in [-0.1, -0.05) is 90.4 Å². The molecule has 0 bridgehead atoms. The van der Waals surface area contributed by atoms with Crippen LogP contribution in [0.3, 0.4) is 0 Å². The number of nitrogen functional groups attached to an aromatic ring is 1. The van der Waals surface area contributed by atoms with Crippen LogP contribution in [0.4, 0.5) is 5.95 Å². The first-order valence-electron chi connectivity index (χ1n) is 16.1. The highest BCUT2D eigenvalue weighted by atomic mass is 31.2. The third-order valence-corrected chi connectivity index (χ3v) is 8.30. The molecule has 3 N–H and O–H groups in total. The number of ether oxygens (including phenoxy) is 4. The lowest BCUT2D eigenvalue weighted by molar-refractivity contribution is 0.00219. The van der Waals surface area contributed by atoms with Crippen LogP contribution in [0.25, 0.3) is 11.2 Å². The quantitative estimate of drug-likeness (QED) is 0.0784. The molecule has 0 aliphatic rings. The van der Waals surface area contributed by atoms with Gasteiger partial charge in [0, 0.05) is 20.3 Å². The van der Waals surface area contributed by atoms with Gasteiger partial charge < -0.3 is 38.7 Å². The summed E-state index contributed by atoms with van der Waals surface area (Å²) < 4.78 is 41.3. The van der Waals surface area contributed by atoms with Crippen molar-refractivity contribution in [2.45, 2.75) is 116 Å². The van der Waals surface area contributed by atoms with Gasteiger partial charge in [0.2, 0.25) is 11.8 Å². The second-order valence-electron chi connectivity index (χ2n) is 11.1. The van der Waals surface area contributed by atoms with Gasteiger partial charge in [-0.25, -0.2) is 4.98 Å².